The molecule has 0 saturated carbocycles. The quantitative estimate of drug-likeness (QED) is 0.579. The third kappa shape index (κ3) is 4.16. The number of amides is 1. The van der Waals surface area contributed by atoms with Gasteiger partial charge in [-0.2, -0.15) is 0 Å². The average Bonchev–Trinajstić information content (AvgIpc) is 3.11. The van der Waals surface area contributed by atoms with E-state index >= 15 is 0 Å². The molecule has 6 heteroatoms. The molecule has 1 fully saturated rings. The van der Waals surface area contributed by atoms with E-state index < -0.39 is 5.97 Å². The lowest BCUT2D eigenvalue weighted by atomic mass is 10.1. The van der Waals surface area contributed by atoms with Crippen LogP contribution in [0, 0.1) is 6.92 Å². The molecule has 1 saturated heterocycles. The number of hydrogen-bond donors (Lipinski definition) is 0. The van der Waals surface area contributed by atoms with Crippen molar-refractivity contribution in [1.82, 2.24) is 0 Å². The van der Waals surface area contributed by atoms with Crippen LogP contribution >= 0.6 is 0 Å². The monoisotopic (exact) mass is 367 g/mol. The molecule has 0 unspecified atom stereocenters. The minimum atomic E-state index is -0.608. The van der Waals surface area contributed by atoms with Crippen molar-refractivity contribution in [2.45, 2.75) is 19.8 Å². The summed E-state index contributed by atoms with van der Waals surface area (Å²) in [7, 11) is 1.47. The predicted molar refractivity (Wildman–Crippen MR) is 100 cm³/mol. The Hall–Kier alpha value is -3.15. The molecule has 2 aromatic rings. The Bertz CT molecular complexity index is 873. The van der Waals surface area contributed by atoms with Gasteiger partial charge in [0.1, 0.15) is 11.3 Å². The number of Topliss-reactive ketones (excluding diaryl/α,β-unsaturated/α-hetero) is 1. The summed E-state index contributed by atoms with van der Waals surface area (Å²) in [5, 5.41) is 0. The molecule has 0 aromatic heterocycles. The van der Waals surface area contributed by atoms with Crippen LogP contribution in [0.5, 0.6) is 5.75 Å². The minimum Gasteiger partial charge on any atom is -0.496 e. The number of nitrogens with zero attached hydrogens (tertiary/aromatic N) is 1. The van der Waals surface area contributed by atoms with E-state index in [1.165, 1.54) is 7.11 Å². The second-order valence-electron chi connectivity index (χ2n) is 6.40. The molecule has 1 aliphatic rings. The van der Waals surface area contributed by atoms with Crippen LogP contribution in [0.3, 0.4) is 0 Å². The van der Waals surface area contributed by atoms with Crippen LogP contribution in [0.15, 0.2) is 42.5 Å². The van der Waals surface area contributed by atoms with Gasteiger partial charge in [0.25, 0.3) is 0 Å². The Morgan fingerprint density at radius 2 is 1.85 bits per heavy atom. The third-order valence-electron chi connectivity index (χ3n) is 4.48. The number of carbonyl (C=O) groups is 3. The number of methoxy groups -OCH3 is 1. The molecule has 0 aliphatic carbocycles. The maximum atomic E-state index is 12.3. The van der Waals surface area contributed by atoms with E-state index in [-0.39, 0.29) is 23.9 Å². The summed E-state index contributed by atoms with van der Waals surface area (Å²) in [6.45, 7) is 2.19. The first kappa shape index (κ1) is 18.6. The van der Waals surface area contributed by atoms with Crippen molar-refractivity contribution in [3.05, 3.63) is 59.2 Å². The summed E-state index contributed by atoms with van der Waals surface area (Å²) >= 11 is 0. The van der Waals surface area contributed by atoms with Crippen LogP contribution in [-0.2, 0) is 9.53 Å². The van der Waals surface area contributed by atoms with E-state index in [9.17, 15) is 14.4 Å². The van der Waals surface area contributed by atoms with Crippen LogP contribution < -0.4 is 9.64 Å². The Kier molecular flexibility index (Phi) is 5.54. The van der Waals surface area contributed by atoms with Crippen LogP contribution in [-0.4, -0.2) is 37.9 Å². The van der Waals surface area contributed by atoms with Gasteiger partial charge in [-0.15, -0.1) is 0 Å². The van der Waals surface area contributed by atoms with Crippen LogP contribution in [0.25, 0.3) is 0 Å². The van der Waals surface area contributed by atoms with Crippen molar-refractivity contribution in [2.24, 2.45) is 0 Å². The SMILES string of the molecule is COc1ccc(C)cc1C(=O)OCC(=O)c1ccc(N2CCCC2=O)cc1. The predicted octanol–water partition coefficient (Wildman–Crippen LogP) is 3.17. The van der Waals surface area contributed by atoms with Crippen molar-refractivity contribution in [1.29, 1.82) is 0 Å². The highest BCUT2D eigenvalue weighted by atomic mass is 16.5. The molecule has 140 valence electrons. The Morgan fingerprint density at radius 1 is 1.11 bits per heavy atom. The molecule has 27 heavy (non-hydrogen) atoms. The summed E-state index contributed by atoms with van der Waals surface area (Å²) in [6, 6.07) is 11.9. The number of rotatable bonds is 6. The minimum absolute atomic E-state index is 0.0927. The second-order valence-corrected chi connectivity index (χ2v) is 6.40. The number of anilines is 1. The van der Waals surface area contributed by atoms with Crippen molar-refractivity contribution in [3.63, 3.8) is 0 Å². The van der Waals surface area contributed by atoms with Gasteiger partial charge in [-0.3, -0.25) is 9.59 Å². The average molecular weight is 367 g/mol. The van der Waals surface area contributed by atoms with E-state index in [1.807, 2.05) is 13.0 Å². The summed E-state index contributed by atoms with van der Waals surface area (Å²) in [5.74, 6) is -0.426. The molecular formula is C21H21NO5. The van der Waals surface area contributed by atoms with Crippen molar-refractivity contribution >= 4 is 23.3 Å². The number of ether oxygens (including phenoxy) is 2. The lowest BCUT2D eigenvalue weighted by Crippen LogP contribution is -2.23. The molecule has 1 heterocycles. The van der Waals surface area contributed by atoms with Crippen molar-refractivity contribution in [3.8, 4) is 5.75 Å². The standard InChI is InChI=1S/C21H21NO5/c1-14-5-10-19(26-2)17(12-14)21(25)27-13-18(23)15-6-8-16(9-7-15)22-11-3-4-20(22)24/h5-10,12H,3-4,11,13H2,1-2H3. The largest absolute Gasteiger partial charge is 0.496 e. The Balaban J connectivity index is 1.63. The molecular weight excluding hydrogens is 346 g/mol. The topological polar surface area (TPSA) is 72.9 Å². The lowest BCUT2D eigenvalue weighted by molar-refractivity contribution is -0.117. The maximum absolute atomic E-state index is 12.3. The van der Waals surface area contributed by atoms with Gasteiger partial charge in [-0.25, -0.2) is 4.79 Å². The van der Waals surface area contributed by atoms with Gasteiger partial charge in [-0.1, -0.05) is 11.6 Å². The molecule has 3 rings (SSSR count). The molecule has 0 atom stereocenters. The van der Waals surface area contributed by atoms with E-state index in [4.69, 9.17) is 9.47 Å². The first-order valence-corrected chi connectivity index (χ1v) is 8.75. The number of aryl methyl sites for hydroxylation is 1. The zero-order chi connectivity index (χ0) is 19.4. The molecule has 1 amide bonds. The van der Waals surface area contributed by atoms with E-state index in [0.717, 1.165) is 17.7 Å². The van der Waals surface area contributed by atoms with Gasteiger partial charge >= 0.3 is 5.97 Å². The first-order chi connectivity index (χ1) is 13.0. The lowest BCUT2D eigenvalue weighted by Gasteiger charge is -2.15. The van der Waals surface area contributed by atoms with E-state index in [2.05, 4.69) is 0 Å². The van der Waals surface area contributed by atoms with E-state index in [0.29, 0.717) is 24.3 Å². The number of esters is 1. The highest BCUT2D eigenvalue weighted by Crippen LogP contribution is 2.22. The summed E-state index contributed by atoms with van der Waals surface area (Å²) in [4.78, 5) is 38.1. The van der Waals surface area contributed by atoms with Crippen LogP contribution in [0.1, 0.15) is 39.1 Å². The smallest absolute Gasteiger partial charge is 0.342 e. The summed E-state index contributed by atoms with van der Waals surface area (Å²) in [6.07, 6.45) is 1.40. The molecule has 0 bridgehead atoms. The molecule has 0 N–H and O–H groups in total. The van der Waals surface area contributed by atoms with Crippen LogP contribution in [0.2, 0.25) is 0 Å². The number of benzene rings is 2. The van der Waals surface area contributed by atoms with E-state index in [1.54, 1.807) is 41.3 Å². The normalized spacial score (nSPS) is 13.6. The molecule has 2 aromatic carbocycles. The van der Waals surface area contributed by atoms with Crippen molar-refractivity contribution in [2.75, 3.05) is 25.2 Å². The van der Waals surface area contributed by atoms with Gasteiger partial charge in [0.05, 0.1) is 7.11 Å². The Labute approximate surface area is 157 Å². The third-order valence-corrected chi connectivity index (χ3v) is 4.48. The number of carbonyl (C=O) groups excluding carboxylic acids is 3. The number of hydrogen-bond acceptors (Lipinski definition) is 5. The highest BCUT2D eigenvalue weighted by Gasteiger charge is 2.22. The Morgan fingerprint density at radius 3 is 2.48 bits per heavy atom. The number of ketones is 1. The van der Waals surface area contributed by atoms with Crippen LogP contribution in [0.4, 0.5) is 5.69 Å². The zero-order valence-corrected chi connectivity index (χ0v) is 15.4. The highest BCUT2D eigenvalue weighted by molar-refractivity contribution is 6.01. The van der Waals surface area contributed by atoms with Gasteiger partial charge in [-0.05, 0) is 49.7 Å². The molecule has 1 aliphatic heterocycles. The summed E-state index contributed by atoms with van der Waals surface area (Å²) in [5.41, 5.74) is 2.37. The van der Waals surface area contributed by atoms with Gasteiger partial charge in [0.15, 0.2) is 12.4 Å². The maximum Gasteiger partial charge on any atom is 0.342 e. The molecule has 0 radical (unpaired) electrons. The van der Waals surface area contributed by atoms with Gasteiger partial charge in [0.2, 0.25) is 5.91 Å². The first-order valence-electron chi connectivity index (χ1n) is 8.75. The fraction of sp³-hybridized carbons (Fsp3) is 0.286. The molecule has 0 spiro atoms. The fourth-order valence-corrected chi connectivity index (χ4v) is 3.02. The van der Waals surface area contributed by atoms with Gasteiger partial charge < -0.3 is 14.4 Å². The second kappa shape index (κ2) is 8.03. The molecule has 6 nitrogen and oxygen atoms in total. The van der Waals surface area contributed by atoms with Gasteiger partial charge in [0, 0.05) is 24.2 Å². The zero-order valence-electron chi connectivity index (χ0n) is 15.4. The fourth-order valence-electron chi connectivity index (χ4n) is 3.02. The van der Waals surface area contributed by atoms with Crippen molar-refractivity contribution < 1.29 is 23.9 Å². The summed E-state index contributed by atoms with van der Waals surface area (Å²) < 4.78 is 10.3.